The van der Waals surface area contributed by atoms with Gasteiger partial charge in [-0.2, -0.15) is 0 Å². The molecule has 1 aliphatic rings. The predicted octanol–water partition coefficient (Wildman–Crippen LogP) is 1.69. The topological polar surface area (TPSA) is 92.5 Å². The number of hydrogen-bond donors (Lipinski definition) is 2. The van der Waals surface area contributed by atoms with Gasteiger partial charge in [0.05, 0.1) is 6.04 Å². The van der Waals surface area contributed by atoms with Crippen LogP contribution in [0.5, 0.6) is 0 Å². The zero-order valence-corrected chi connectivity index (χ0v) is 16.5. The highest BCUT2D eigenvalue weighted by atomic mass is 35.5. The summed E-state index contributed by atoms with van der Waals surface area (Å²) >= 11 is 0. The van der Waals surface area contributed by atoms with Gasteiger partial charge in [-0.15, -0.1) is 12.4 Å². The second kappa shape index (κ2) is 9.14. The highest BCUT2D eigenvalue weighted by molar-refractivity contribution is 6.05. The van der Waals surface area contributed by atoms with E-state index in [2.05, 4.69) is 5.32 Å². The summed E-state index contributed by atoms with van der Waals surface area (Å²) in [6, 6.07) is 6.43. The van der Waals surface area contributed by atoms with Gasteiger partial charge in [0, 0.05) is 24.4 Å². The number of Topliss-reactive ketones (excluding diaryl/α,β-unsaturated/α-hetero) is 1. The number of likely N-dealkylation sites (N-methyl/N-ethyl adjacent to an activating group) is 1. The standard InChI is InChI=1S/C19H27N3O3.ClH/c1-11(2)14(10-17(23)12(3)21-4)19(25)22-15-8-6-5-7-13(15)9-16(22)18(20)24;/h5-8,11-12,14,16,21H,9-10H2,1-4H3,(H2,20,24);1H/t12-,14-,16-;/m0./s1. The third-order valence-electron chi connectivity index (χ3n) is 5.00. The van der Waals surface area contributed by atoms with E-state index in [9.17, 15) is 14.4 Å². The number of rotatable bonds is 7. The lowest BCUT2D eigenvalue weighted by Crippen LogP contribution is -2.49. The van der Waals surface area contributed by atoms with Gasteiger partial charge < -0.3 is 11.1 Å². The molecule has 0 bridgehead atoms. The van der Waals surface area contributed by atoms with Gasteiger partial charge in [-0.1, -0.05) is 32.0 Å². The number of fused-ring (bicyclic) bond motifs is 1. The molecule has 0 aromatic heterocycles. The van der Waals surface area contributed by atoms with Crippen molar-refractivity contribution in [3.63, 3.8) is 0 Å². The van der Waals surface area contributed by atoms with E-state index in [4.69, 9.17) is 5.73 Å². The number of carbonyl (C=O) groups is 3. The van der Waals surface area contributed by atoms with Crippen LogP contribution in [0.25, 0.3) is 0 Å². The molecule has 3 atom stereocenters. The van der Waals surface area contributed by atoms with E-state index < -0.39 is 17.9 Å². The van der Waals surface area contributed by atoms with E-state index in [1.54, 1.807) is 14.0 Å². The third kappa shape index (κ3) is 4.43. The summed E-state index contributed by atoms with van der Waals surface area (Å²) in [4.78, 5) is 39.0. The minimum Gasteiger partial charge on any atom is -0.368 e. The van der Waals surface area contributed by atoms with E-state index >= 15 is 0 Å². The molecule has 144 valence electrons. The number of carbonyl (C=O) groups excluding carboxylic acids is 3. The number of halogens is 1. The van der Waals surface area contributed by atoms with Gasteiger partial charge in [0.15, 0.2) is 0 Å². The van der Waals surface area contributed by atoms with Crippen molar-refractivity contribution >= 4 is 35.7 Å². The second-order valence-electron chi connectivity index (χ2n) is 6.99. The predicted molar refractivity (Wildman–Crippen MR) is 104 cm³/mol. The van der Waals surface area contributed by atoms with Gasteiger partial charge in [0.2, 0.25) is 11.8 Å². The maximum atomic E-state index is 13.3. The number of amides is 2. The molecule has 1 aliphatic heterocycles. The number of primary amides is 1. The van der Waals surface area contributed by atoms with Gasteiger partial charge in [0.25, 0.3) is 0 Å². The smallest absolute Gasteiger partial charge is 0.240 e. The minimum absolute atomic E-state index is 0. The fourth-order valence-electron chi connectivity index (χ4n) is 3.23. The summed E-state index contributed by atoms with van der Waals surface area (Å²) in [5.74, 6) is -1.27. The van der Waals surface area contributed by atoms with Crippen LogP contribution in [-0.4, -0.2) is 36.7 Å². The highest BCUT2D eigenvalue weighted by Gasteiger charge is 2.41. The van der Waals surface area contributed by atoms with Crippen LogP contribution in [0.4, 0.5) is 5.69 Å². The van der Waals surface area contributed by atoms with Gasteiger partial charge in [0.1, 0.15) is 11.8 Å². The number of nitrogens with one attached hydrogen (secondary N) is 1. The van der Waals surface area contributed by atoms with Crippen molar-refractivity contribution in [3.8, 4) is 0 Å². The maximum absolute atomic E-state index is 13.3. The van der Waals surface area contributed by atoms with Crippen molar-refractivity contribution < 1.29 is 14.4 Å². The molecule has 1 aromatic carbocycles. The molecule has 26 heavy (non-hydrogen) atoms. The largest absolute Gasteiger partial charge is 0.368 e. The molecule has 2 amide bonds. The van der Waals surface area contributed by atoms with Crippen molar-refractivity contribution in [2.24, 2.45) is 17.6 Å². The molecule has 0 unspecified atom stereocenters. The van der Waals surface area contributed by atoms with Crippen LogP contribution in [0.15, 0.2) is 24.3 Å². The summed E-state index contributed by atoms with van der Waals surface area (Å²) in [5.41, 5.74) is 7.19. The Morgan fingerprint density at radius 1 is 1.23 bits per heavy atom. The summed E-state index contributed by atoms with van der Waals surface area (Å²) in [7, 11) is 1.72. The van der Waals surface area contributed by atoms with Gasteiger partial charge in [-0.3, -0.25) is 19.3 Å². The zero-order chi connectivity index (χ0) is 18.7. The molecular weight excluding hydrogens is 354 g/mol. The average Bonchev–Trinajstić information content (AvgIpc) is 2.97. The third-order valence-corrected chi connectivity index (χ3v) is 5.00. The summed E-state index contributed by atoms with van der Waals surface area (Å²) < 4.78 is 0. The van der Waals surface area contributed by atoms with Crippen LogP contribution in [0.2, 0.25) is 0 Å². The van der Waals surface area contributed by atoms with Gasteiger partial charge in [-0.05, 0) is 31.5 Å². The molecule has 0 aliphatic carbocycles. The average molecular weight is 382 g/mol. The van der Waals surface area contributed by atoms with E-state index in [-0.39, 0.29) is 42.5 Å². The molecule has 0 saturated carbocycles. The molecule has 6 nitrogen and oxygen atoms in total. The number of nitrogens with zero attached hydrogens (tertiary/aromatic N) is 1. The lowest BCUT2D eigenvalue weighted by molar-refractivity contribution is -0.131. The fraction of sp³-hybridized carbons (Fsp3) is 0.526. The summed E-state index contributed by atoms with van der Waals surface area (Å²) in [6.07, 6.45) is 0.561. The molecule has 0 radical (unpaired) electrons. The lowest BCUT2D eigenvalue weighted by Gasteiger charge is -2.30. The van der Waals surface area contributed by atoms with E-state index in [1.165, 1.54) is 4.90 Å². The van der Waals surface area contributed by atoms with Gasteiger partial charge >= 0.3 is 0 Å². The zero-order valence-electron chi connectivity index (χ0n) is 15.7. The quantitative estimate of drug-likeness (QED) is 0.751. The Hall–Kier alpha value is -1.92. The van der Waals surface area contributed by atoms with E-state index in [1.807, 2.05) is 38.1 Å². The van der Waals surface area contributed by atoms with Crippen molar-refractivity contribution in [2.75, 3.05) is 11.9 Å². The molecule has 1 aromatic rings. The molecule has 1 heterocycles. The molecule has 7 heteroatoms. The van der Waals surface area contributed by atoms with E-state index in [0.29, 0.717) is 6.42 Å². The highest BCUT2D eigenvalue weighted by Crippen LogP contribution is 2.35. The van der Waals surface area contributed by atoms with Crippen molar-refractivity contribution in [2.45, 2.75) is 45.7 Å². The molecule has 0 spiro atoms. The summed E-state index contributed by atoms with van der Waals surface area (Å²) in [6.45, 7) is 5.61. The normalized spacial score (nSPS) is 18.0. The summed E-state index contributed by atoms with van der Waals surface area (Å²) in [5, 5.41) is 2.91. The number of benzene rings is 1. The molecule has 2 rings (SSSR count). The Labute approximate surface area is 160 Å². The molecule has 3 N–H and O–H groups in total. The second-order valence-corrected chi connectivity index (χ2v) is 6.99. The van der Waals surface area contributed by atoms with Crippen LogP contribution in [0, 0.1) is 11.8 Å². The molecule has 0 fully saturated rings. The number of nitrogens with two attached hydrogens (primary N) is 1. The van der Waals surface area contributed by atoms with Crippen LogP contribution in [0.1, 0.15) is 32.8 Å². The lowest BCUT2D eigenvalue weighted by atomic mass is 9.87. The number of anilines is 1. The van der Waals surface area contributed by atoms with E-state index in [0.717, 1.165) is 11.3 Å². The van der Waals surface area contributed by atoms with Crippen LogP contribution in [-0.2, 0) is 20.8 Å². The monoisotopic (exact) mass is 381 g/mol. The molecule has 0 saturated heterocycles. The van der Waals surface area contributed by atoms with Crippen molar-refractivity contribution in [3.05, 3.63) is 29.8 Å². The Kier molecular flexibility index (Phi) is 7.78. The number of ketones is 1. The Morgan fingerprint density at radius 2 is 1.85 bits per heavy atom. The number of para-hydroxylation sites is 1. The first kappa shape index (κ1) is 22.1. The first-order valence-electron chi connectivity index (χ1n) is 8.68. The molecular formula is C19H28ClN3O3. The van der Waals surface area contributed by atoms with Crippen molar-refractivity contribution in [1.29, 1.82) is 0 Å². The first-order valence-corrected chi connectivity index (χ1v) is 8.68. The fourth-order valence-corrected chi connectivity index (χ4v) is 3.23. The maximum Gasteiger partial charge on any atom is 0.240 e. The van der Waals surface area contributed by atoms with Crippen LogP contribution in [0.3, 0.4) is 0 Å². The van der Waals surface area contributed by atoms with Gasteiger partial charge in [-0.25, -0.2) is 0 Å². The Morgan fingerprint density at radius 3 is 2.38 bits per heavy atom. The minimum atomic E-state index is -0.692. The SMILES string of the molecule is CN[C@@H](C)C(=O)C[C@H](C(=O)N1c2ccccc2C[C@H]1C(N)=O)C(C)C.Cl. The van der Waals surface area contributed by atoms with Crippen LogP contribution >= 0.6 is 12.4 Å². The number of hydrogen-bond acceptors (Lipinski definition) is 4. The van der Waals surface area contributed by atoms with Crippen LogP contribution < -0.4 is 16.0 Å². The first-order chi connectivity index (χ1) is 11.8. The Balaban J connectivity index is 0.00000338. The Bertz CT molecular complexity index is 678. The van der Waals surface area contributed by atoms with Crippen molar-refractivity contribution in [1.82, 2.24) is 5.32 Å².